The molecule has 4 bridgehead atoms. The topological polar surface area (TPSA) is 75.2 Å². The molecule has 0 spiro atoms. The van der Waals surface area contributed by atoms with E-state index in [0.29, 0.717) is 18.2 Å². The molecule has 0 atom stereocenters. The van der Waals surface area contributed by atoms with Gasteiger partial charge >= 0.3 is 5.97 Å². The molecule has 0 radical (unpaired) electrons. The molecule has 0 aromatic carbocycles. The van der Waals surface area contributed by atoms with Crippen LogP contribution < -0.4 is 0 Å². The molecule has 0 amide bonds. The van der Waals surface area contributed by atoms with Crippen molar-refractivity contribution in [3.05, 3.63) is 29.4 Å². The fraction of sp³-hybridized carbons (Fsp3) is 0.727. The summed E-state index contributed by atoms with van der Waals surface area (Å²) in [5, 5.41) is 9.64. The van der Waals surface area contributed by atoms with Crippen LogP contribution in [-0.2, 0) is 11.3 Å². The Morgan fingerprint density at radius 3 is 2.26 bits per heavy atom. The zero-order valence-electron chi connectivity index (χ0n) is 16.0. The van der Waals surface area contributed by atoms with Gasteiger partial charge in [-0.3, -0.25) is 0 Å². The molecule has 1 heterocycles. The van der Waals surface area contributed by atoms with E-state index in [9.17, 15) is 9.90 Å². The number of allylic oxidation sites excluding steroid dienone is 2. The Morgan fingerprint density at radius 1 is 1.11 bits per heavy atom. The van der Waals surface area contributed by atoms with Gasteiger partial charge in [-0.15, -0.1) is 0 Å². The molecule has 146 valence electrons. The van der Waals surface area contributed by atoms with Gasteiger partial charge in [0.05, 0.1) is 17.9 Å². The van der Waals surface area contributed by atoms with Crippen LogP contribution in [0.15, 0.2) is 12.2 Å². The number of H-pyrrole nitrogens is 1. The number of carbonyl (C=O) groups is 1. The number of nitrogens with one attached hydrogen (secondary N) is 1. The van der Waals surface area contributed by atoms with Crippen LogP contribution >= 0.6 is 0 Å². The number of ether oxygens (including phenoxy) is 1. The summed E-state index contributed by atoms with van der Waals surface area (Å²) in [5.74, 6) is 2.67. The van der Waals surface area contributed by atoms with Crippen molar-refractivity contribution in [2.45, 2.75) is 82.3 Å². The summed E-state index contributed by atoms with van der Waals surface area (Å²) in [6.45, 7) is 0.353. The third-order valence-corrected chi connectivity index (χ3v) is 7.42. The molecule has 27 heavy (non-hydrogen) atoms. The van der Waals surface area contributed by atoms with E-state index in [1.165, 1.54) is 19.3 Å². The number of aromatic nitrogens is 2. The molecule has 0 saturated heterocycles. The molecule has 5 nitrogen and oxygen atoms in total. The van der Waals surface area contributed by atoms with E-state index in [1.54, 1.807) is 0 Å². The average molecular weight is 370 g/mol. The first-order chi connectivity index (χ1) is 13.1. The SMILES string of the molecule is O=C(O)c1nc(C2CCC=CCC2)[nH]c1COC12CC3CC(CC(C3)C1)C2. The second-order valence-electron chi connectivity index (χ2n) is 9.47. The standard InChI is InChI=1S/C22H30N2O3/c25-21(26)19-18(23-20(24-19)17-5-3-1-2-4-6-17)13-27-22-10-14-7-15(11-22)9-16(8-14)12-22/h1-2,14-17H,3-13H2,(H,23,24)(H,25,26). The smallest absolute Gasteiger partial charge is 0.356 e. The van der Waals surface area contributed by atoms with Crippen LogP contribution in [0, 0.1) is 17.8 Å². The number of carboxylic acids is 1. The summed E-state index contributed by atoms with van der Waals surface area (Å²) in [7, 11) is 0. The van der Waals surface area contributed by atoms with E-state index >= 15 is 0 Å². The van der Waals surface area contributed by atoms with Gasteiger partial charge in [0, 0.05) is 5.92 Å². The van der Waals surface area contributed by atoms with E-state index in [1.807, 2.05) is 0 Å². The molecule has 5 aliphatic rings. The third kappa shape index (κ3) is 3.35. The van der Waals surface area contributed by atoms with Crippen molar-refractivity contribution in [2.24, 2.45) is 17.8 Å². The van der Waals surface area contributed by atoms with Gasteiger partial charge in [-0.1, -0.05) is 12.2 Å². The van der Waals surface area contributed by atoms with Crippen molar-refractivity contribution in [1.29, 1.82) is 0 Å². The highest BCUT2D eigenvalue weighted by atomic mass is 16.5. The number of rotatable bonds is 5. The highest BCUT2D eigenvalue weighted by Crippen LogP contribution is 2.57. The van der Waals surface area contributed by atoms with E-state index in [0.717, 1.165) is 68.5 Å². The van der Waals surface area contributed by atoms with Crippen molar-refractivity contribution in [2.75, 3.05) is 0 Å². The lowest BCUT2D eigenvalue weighted by atomic mass is 9.54. The molecular weight excluding hydrogens is 340 g/mol. The van der Waals surface area contributed by atoms with Crippen LogP contribution in [0.4, 0.5) is 0 Å². The Kier molecular flexibility index (Phi) is 4.38. The Balaban J connectivity index is 1.33. The number of hydrogen-bond acceptors (Lipinski definition) is 3. The summed E-state index contributed by atoms with van der Waals surface area (Å²) >= 11 is 0. The lowest BCUT2D eigenvalue weighted by Gasteiger charge is -2.56. The van der Waals surface area contributed by atoms with Crippen molar-refractivity contribution >= 4 is 5.97 Å². The molecule has 0 aliphatic heterocycles. The van der Waals surface area contributed by atoms with Gasteiger partial charge < -0.3 is 14.8 Å². The predicted octanol–water partition coefficient (Wildman–Crippen LogP) is 4.81. The van der Waals surface area contributed by atoms with Gasteiger partial charge in [-0.25, -0.2) is 9.78 Å². The number of nitrogens with zero attached hydrogens (tertiary/aromatic N) is 1. The van der Waals surface area contributed by atoms with Crippen LogP contribution in [0.5, 0.6) is 0 Å². The monoisotopic (exact) mass is 370 g/mol. The van der Waals surface area contributed by atoms with Crippen LogP contribution in [0.25, 0.3) is 0 Å². The Morgan fingerprint density at radius 2 is 1.70 bits per heavy atom. The van der Waals surface area contributed by atoms with Crippen LogP contribution in [-0.4, -0.2) is 26.6 Å². The second kappa shape index (κ2) is 6.77. The number of carboxylic acid groups (broad SMARTS) is 1. The number of imidazole rings is 1. The summed E-state index contributed by atoms with van der Waals surface area (Å²) in [5.41, 5.74) is 0.805. The Labute approximate surface area is 160 Å². The fourth-order valence-corrected chi connectivity index (χ4v) is 6.59. The van der Waals surface area contributed by atoms with Crippen LogP contribution in [0.1, 0.15) is 92.1 Å². The maximum Gasteiger partial charge on any atom is 0.356 e. The minimum atomic E-state index is -0.951. The number of aromatic carboxylic acids is 1. The van der Waals surface area contributed by atoms with Gasteiger partial charge in [0.2, 0.25) is 0 Å². The largest absolute Gasteiger partial charge is 0.476 e. The van der Waals surface area contributed by atoms with Crippen molar-refractivity contribution in [1.82, 2.24) is 9.97 Å². The van der Waals surface area contributed by atoms with Gasteiger partial charge in [0.1, 0.15) is 5.82 Å². The van der Waals surface area contributed by atoms with Crippen molar-refractivity contribution < 1.29 is 14.6 Å². The number of hydrogen-bond donors (Lipinski definition) is 2. The molecule has 4 fully saturated rings. The zero-order chi connectivity index (χ0) is 18.4. The van der Waals surface area contributed by atoms with E-state index < -0.39 is 5.97 Å². The lowest BCUT2D eigenvalue weighted by Crippen LogP contribution is -2.51. The fourth-order valence-electron chi connectivity index (χ4n) is 6.59. The van der Waals surface area contributed by atoms with E-state index in [4.69, 9.17) is 4.74 Å². The molecule has 1 aromatic rings. The van der Waals surface area contributed by atoms with Crippen LogP contribution in [0.2, 0.25) is 0 Å². The summed E-state index contributed by atoms with van der Waals surface area (Å²) in [6, 6.07) is 0. The molecule has 0 unspecified atom stereocenters. The van der Waals surface area contributed by atoms with E-state index in [2.05, 4.69) is 22.1 Å². The van der Waals surface area contributed by atoms with Crippen LogP contribution in [0.3, 0.4) is 0 Å². The quantitative estimate of drug-likeness (QED) is 0.730. The zero-order valence-corrected chi connectivity index (χ0v) is 16.0. The second-order valence-corrected chi connectivity index (χ2v) is 9.47. The first-order valence-corrected chi connectivity index (χ1v) is 10.7. The summed E-state index contributed by atoms with van der Waals surface area (Å²) in [4.78, 5) is 19.6. The number of aromatic amines is 1. The Bertz CT molecular complexity index is 705. The maximum atomic E-state index is 11.8. The maximum absolute atomic E-state index is 11.8. The molecule has 4 saturated carbocycles. The van der Waals surface area contributed by atoms with Gasteiger partial charge in [0.25, 0.3) is 0 Å². The summed E-state index contributed by atoms with van der Waals surface area (Å²) in [6.07, 6.45) is 16.2. The van der Waals surface area contributed by atoms with Gasteiger partial charge in [-0.2, -0.15) is 0 Å². The van der Waals surface area contributed by atoms with Gasteiger partial charge in [-0.05, 0) is 82.0 Å². The lowest BCUT2D eigenvalue weighted by molar-refractivity contribution is -0.169. The minimum Gasteiger partial charge on any atom is -0.476 e. The Hall–Kier alpha value is -1.62. The molecule has 5 heteroatoms. The summed E-state index contributed by atoms with van der Waals surface area (Å²) < 4.78 is 6.50. The first-order valence-electron chi connectivity index (χ1n) is 10.7. The van der Waals surface area contributed by atoms with Gasteiger partial charge in [0.15, 0.2) is 5.69 Å². The minimum absolute atomic E-state index is 0.0119. The predicted molar refractivity (Wildman–Crippen MR) is 102 cm³/mol. The molecule has 1 aromatic heterocycles. The molecule has 6 rings (SSSR count). The van der Waals surface area contributed by atoms with Crippen molar-refractivity contribution in [3.8, 4) is 0 Å². The average Bonchev–Trinajstić information content (AvgIpc) is 2.86. The molecular formula is C22H30N2O3. The molecule has 2 N–H and O–H groups in total. The first kappa shape index (κ1) is 17.5. The molecule has 5 aliphatic carbocycles. The van der Waals surface area contributed by atoms with Crippen molar-refractivity contribution in [3.63, 3.8) is 0 Å². The normalized spacial score (nSPS) is 35.5. The highest BCUT2D eigenvalue weighted by molar-refractivity contribution is 5.86. The van der Waals surface area contributed by atoms with E-state index in [-0.39, 0.29) is 11.3 Å². The third-order valence-electron chi connectivity index (χ3n) is 7.42. The highest BCUT2D eigenvalue weighted by Gasteiger charge is 2.51.